The lowest BCUT2D eigenvalue weighted by atomic mass is 10.1. The minimum absolute atomic E-state index is 0.0639. The number of nitrogens with one attached hydrogen (secondary N) is 1. The lowest BCUT2D eigenvalue weighted by Gasteiger charge is -2.28. The van der Waals surface area contributed by atoms with Gasteiger partial charge in [-0.05, 0) is 32.9 Å². The van der Waals surface area contributed by atoms with Crippen molar-refractivity contribution in [2.75, 3.05) is 12.3 Å². The van der Waals surface area contributed by atoms with Gasteiger partial charge in [-0.3, -0.25) is 9.09 Å². The standard InChI is InChI=1S/C22H29ClFN6O7P/c1-12(2)35-20(32)13(3)29-38(33,37-14-7-5-4-6-8-14)34-9-15-17(31)22(23,24)21(36-15)30-11-28-16-18(25)26-10-27-19(16)30/h4-8,10-13,15,17,20-21,31-32H,9H2,1-3H3,(H,29,33)(H2,25,26,27). The second kappa shape index (κ2) is 11.4. The SMILES string of the molecule is CC(C)OC(O)C(C)NP(=O)(OCC1OC(n2cnc3c(N)ncnc32)C(F)(Cl)C1O)Oc1ccccc1. The summed E-state index contributed by atoms with van der Waals surface area (Å²) in [5.74, 6) is 0.258. The zero-order valence-electron chi connectivity index (χ0n) is 20.7. The molecular weight excluding hydrogens is 546 g/mol. The monoisotopic (exact) mass is 574 g/mol. The van der Waals surface area contributed by atoms with E-state index in [0.29, 0.717) is 0 Å². The fourth-order valence-electron chi connectivity index (χ4n) is 3.74. The van der Waals surface area contributed by atoms with E-state index in [1.807, 2.05) is 0 Å². The highest BCUT2D eigenvalue weighted by Gasteiger charge is 2.58. The minimum atomic E-state index is -4.24. The molecule has 0 aliphatic carbocycles. The molecule has 38 heavy (non-hydrogen) atoms. The van der Waals surface area contributed by atoms with Gasteiger partial charge in [0.25, 0.3) is 5.13 Å². The van der Waals surface area contributed by atoms with Crippen molar-refractivity contribution in [3.05, 3.63) is 43.0 Å². The number of ether oxygens (including phenoxy) is 2. The van der Waals surface area contributed by atoms with Gasteiger partial charge in [0.05, 0.1) is 25.1 Å². The molecule has 16 heteroatoms. The van der Waals surface area contributed by atoms with Crippen LogP contribution < -0.4 is 15.3 Å². The summed E-state index contributed by atoms with van der Waals surface area (Å²) in [6, 6.07) is 7.23. The average Bonchev–Trinajstić information content (AvgIpc) is 3.37. The number of halogens is 2. The summed E-state index contributed by atoms with van der Waals surface area (Å²) in [6.45, 7) is 4.35. The predicted octanol–water partition coefficient (Wildman–Crippen LogP) is 2.50. The van der Waals surface area contributed by atoms with Crippen LogP contribution in [0.5, 0.6) is 5.75 Å². The van der Waals surface area contributed by atoms with Gasteiger partial charge < -0.3 is 29.9 Å². The molecule has 5 N–H and O–H groups in total. The van der Waals surface area contributed by atoms with Crippen LogP contribution in [0.25, 0.3) is 11.2 Å². The maximum atomic E-state index is 15.6. The Kier molecular flexibility index (Phi) is 8.55. The number of hydrogen-bond acceptors (Lipinski definition) is 11. The molecule has 1 saturated heterocycles. The topological polar surface area (TPSA) is 176 Å². The second-order valence-corrected chi connectivity index (χ2v) is 11.2. The smallest absolute Gasteiger partial charge is 0.413 e. The number of fused-ring (bicyclic) bond motifs is 1. The highest BCUT2D eigenvalue weighted by atomic mass is 35.5. The number of para-hydroxylation sites is 1. The molecule has 1 aliphatic heterocycles. The number of aliphatic hydroxyl groups is 2. The van der Waals surface area contributed by atoms with Gasteiger partial charge in [-0.1, -0.05) is 29.8 Å². The minimum Gasteiger partial charge on any atom is -0.413 e. The Hall–Kier alpha value is -2.42. The number of imidazole rings is 1. The van der Waals surface area contributed by atoms with Crippen molar-refractivity contribution < 1.29 is 37.7 Å². The molecule has 13 nitrogen and oxygen atoms in total. The third-order valence-electron chi connectivity index (χ3n) is 5.60. The fraction of sp³-hybridized carbons (Fsp3) is 0.500. The number of alkyl halides is 2. The number of nitrogens with two attached hydrogens (primary N) is 1. The van der Waals surface area contributed by atoms with E-state index in [9.17, 15) is 14.8 Å². The molecule has 2 aromatic heterocycles. The molecule has 1 aromatic carbocycles. The van der Waals surface area contributed by atoms with E-state index in [-0.39, 0.29) is 28.8 Å². The molecule has 4 rings (SSSR count). The zero-order valence-corrected chi connectivity index (χ0v) is 22.4. The number of nitrogen functional groups attached to an aromatic ring is 1. The van der Waals surface area contributed by atoms with Crippen LogP contribution in [0.1, 0.15) is 27.0 Å². The van der Waals surface area contributed by atoms with Crippen LogP contribution in [-0.2, 0) is 18.6 Å². The Morgan fingerprint density at radius 3 is 2.68 bits per heavy atom. The lowest BCUT2D eigenvalue weighted by Crippen LogP contribution is -2.41. The molecule has 3 heterocycles. The van der Waals surface area contributed by atoms with E-state index in [1.165, 1.54) is 17.8 Å². The first-order valence-corrected chi connectivity index (χ1v) is 13.6. The summed E-state index contributed by atoms with van der Waals surface area (Å²) in [5.41, 5.74) is 6.12. The summed E-state index contributed by atoms with van der Waals surface area (Å²) < 4.78 is 52.6. The summed E-state index contributed by atoms with van der Waals surface area (Å²) in [5, 5.41) is 20.7. The van der Waals surface area contributed by atoms with Gasteiger partial charge in [0.1, 0.15) is 29.8 Å². The number of nitrogens with zero attached hydrogens (tertiary/aromatic N) is 4. The van der Waals surface area contributed by atoms with E-state index >= 15 is 4.39 Å². The maximum absolute atomic E-state index is 15.6. The van der Waals surface area contributed by atoms with Crippen molar-refractivity contribution in [2.45, 2.75) is 62.8 Å². The van der Waals surface area contributed by atoms with Gasteiger partial charge in [0.15, 0.2) is 24.0 Å². The number of aromatic nitrogens is 4. The van der Waals surface area contributed by atoms with Crippen molar-refractivity contribution in [3.8, 4) is 5.75 Å². The van der Waals surface area contributed by atoms with Gasteiger partial charge in [0.2, 0.25) is 0 Å². The molecule has 1 fully saturated rings. The van der Waals surface area contributed by atoms with Crippen LogP contribution in [0.15, 0.2) is 43.0 Å². The van der Waals surface area contributed by atoms with Crippen molar-refractivity contribution in [1.29, 1.82) is 0 Å². The Bertz CT molecular complexity index is 1290. The van der Waals surface area contributed by atoms with Crippen molar-refractivity contribution in [2.24, 2.45) is 0 Å². The Balaban J connectivity index is 1.53. The molecule has 0 saturated carbocycles. The van der Waals surface area contributed by atoms with E-state index in [0.717, 1.165) is 6.33 Å². The average molecular weight is 575 g/mol. The number of hydrogen-bond donors (Lipinski definition) is 4. The Morgan fingerprint density at radius 1 is 1.29 bits per heavy atom. The highest BCUT2D eigenvalue weighted by molar-refractivity contribution is 7.52. The zero-order chi connectivity index (χ0) is 27.7. The number of aliphatic hydroxyl groups excluding tert-OH is 2. The second-order valence-electron chi connectivity index (χ2n) is 8.92. The molecule has 1 aliphatic rings. The van der Waals surface area contributed by atoms with E-state index in [1.54, 1.807) is 44.2 Å². The summed E-state index contributed by atoms with van der Waals surface area (Å²) in [7, 11) is -4.24. The van der Waals surface area contributed by atoms with Crippen LogP contribution in [0.3, 0.4) is 0 Å². The first kappa shape index (κ1) is 28.6. The van der Waals surface area contributed by atoms with Crippen LogP contribution >= 0.6 is 19.3 Å². The Morgan fingerprint density at radius 2 is 2.00 bits per heavy atom. The summed E-state index contributed by atoms with van der Waals surface area (Å²) in [4.78, 5) is 11.9. The molecule has 7 unspecified atom stereocenters. The van der Waals surface area contributed by atoms with Gasteiger partial charge in [-0.15, -0.1) is 0 Å². The predicted molar refractivity (Wildman–Crippen MR) is 135 cm³/mol. The normalized spacial score (nSPS) is 26.9. The van der Waals surface area contributed by atoms with E-state index < -0.39 is 50.2 Å². The van der Waals surface area contributed by atoms with Gasteiger partial charge >= 0.3 is 7.75 Å². The maximum Gasteiger partial charge on any atom is 0.459 e. The summed E-state index contributed by atoms with van der Waals surface area (Å²) >= 11 is 6.08. The molecule has 7 atom stereocenters. The van der Waals surface area contributed by atoms with Crippen LogP contribution in [0.2, 0.25) is 0 Å². The van der Waals surface area contributed by atoms with Crippen LogP contribution in [0.4, 0.5) is 10.2 Å². The van der Waals surface area contributed by atoms with Crippen molar-refractivity contribution >= 4 is 36.3 Å². The third-order valence-corrected chi connectivity index (χ3v) is 7.67. The van der Waals surface area contributed by atoms with Gasteiger partial charge in [-0.2, -0.15) is 0 Å². The number of rotatable bonds is 11. The molecular formula is C22H29ClFN6O7P. The highest BCUT2D eigenvalue weighted by Crippen LogP contribution is 2.49. The molecule has 208 valence electrons. The molecule has 0 amide bonds. The first-order chi connectivity index (χ1) is 17.9. The van der Waals surface area contributed by atoms with Crippen LogP contribution in [0, 0.1) is 0 Å². The van der Waals surface area contributed by atoms with Crippen LogP contribution in [-0.4, -0.2) is 72.1 Å². The summed E-state index contributed by atoms with van der Waals surface area (Å²) in [6.07, 6.45) is -4.19. The van der Waals surface area contributed by atoms with Crippen molar-refractivity contribution in [3.63, 3.8) is 0 Å². The van der Waals surface area contributed by atoms with E-state index in [2.05, 4.69) is 20.0 Å². The number of anilines is 1. The largest absolute Gasteiger partial charge is 0.459 e. The fourth-order valence-corrected chi connectivity index (χ4v) is 5.59. The third kappa shape index (κ3) is 6.08. The molecule has 0 radical (unpaired) electrons. The van der Waals surface area contributed by atoms with Gasteiger partial charge in [-0.25, -0.2) is 29.0 Å². The lowest BCUT2D eigenvalue weighted by molar-refractivity contribution is -0.138. The van der Waals surface area contributed by atoms with Crippen molar-refractivity contribution in [1.82, 2.24) is 24.6 Å². The molecule has 3 aromatic rings. The Labute approximate surface area is 222 Å². The number of benzene rings is 1. The van der Waals surface area contributed by atoms with Gasteiger partial charge in [0, 0.05) is 0 Å². The molecule has 0 spiro atoms. The first-order valence-electron chi connectivity index (χ1n) is 11.7. The van der Waals surface area contributed by atoms with E-state index in [4.69, 9.17) is 35.9 Å². The quantitative estimate of drug-likeness (QED) is 0.150. The molecule has 0 bridgehead atoms.